The van der Waals surface area contributed by atoms with Crippen LogP contribution in [0.2, 0.25) is 0 Å². The smallest absolute Gasteiger partial charge is 0.227 e. The molecule has 2 rings (SSSR count). The molecule has 4 heteroatoms. The van der Waals surface area contributed by atoms with E-state index in [0.29, 0.717) is 18.9 Å². The van der Waals surface area contributed by atoms with Crippen molar-refractivity contribution in [2.75, 3.05) is 11.4 Å². The van der Waals surface area contributed by atoms with Crippen molar-refractivity contribution >= 4 is 17.5 Å². The lowest BCUT2D eigenvalue weighted by molar-refractivity contribution is -0.126. The Morgan fingerprint density at radius 3 is 2.62 bits per heavy atom. The first-order chi connectivity index (χ1) is 11.4. The van der Waals surface area contributed by atoms with Crippen LogP contribution in [0.3, 0.4) is 0 Å². The van der Waals surface area contributed by atoms with Gasteiger partial charge in [0.05, 0.1) is 5.92 Å². The third-order valence-corrected chi connectivity index (χ3v) is 4.71. The number of benzene rings is 1. The van der Waals surface area contributed by atoms with E-state index in [4.69, 9.17) is 0 Å². The van der Waals surface area contributed by atoms with Crippen molar-refractivity contribution in [3.8, 4) is 0 Å². The fourth-order valence-corrected chi connectivity index (χ4v) is 3.25. The van der Waals surface area contributed by atoms with Gasteiger partial charge in [-0.3, -0.25) is 9.59 Å². The van der Waals surface area contributed by atoms with Crippen LogP contribution in [0.1, 0.15) is 52.0 Å². The quantitative estimate of drug-likeness (QED) is 0.829. The van der Waals surface area contributed by atoms with Crippen molar-refractivity contribution in [3.63, 3.8) is 0 Å². The summed E-state index contributed by atoms with van der Waals surface area (Å²) < 4.78 is 0. The highest BCUT2D eigenvalue weighted by molar-refractivity contribution is 6.00. The van der Waals surface area contributed by atoms with Gasteiger partial charge < -0.3 is 10.2 Å². The number of hydrogen-bond donors (Lipinski definition) is 1. The molecule has 2 amide bonds. The van der Waals surface area contributed by atoms with E-state index in [1.54, 1.807) is 4.90 Å². The van der Waals surface area contributed by atoms with Crippen molar-refractivity contribution in [2.45, 2.75) is 59.4 Å². The number of hydrogen-bond acceptors (Lipinski definition) is 2. The van der Waals surface area contributed by atoms with Crippen molar-refractivity contribution in [1.29, 1.82) is 0 Å². The molecule has 1 aliphatic heterocycles. The Morgan fingerprint density at radius 2 is 1.96 bits per heavy atom. The van der Waals surface area contributed by atoms with E-state index in [9.17, 15) is 9.59 Å². The minimum atomic E-state index is -0.246. The highest BCUT2D eigenvalue weighted by Gasteiger charge is 2.35. The molecule has 132 valence electrons. The van der Waals surface area contributed by atoms with E-state index >= 15 is 0 Å². The highest BCUT2D eigenvalue weighted by Crippen LogP contribution is 2.27. The zero-order valence-electron chi connectivity index (χ0n) is 15.3. The number of rotatable bonds is 7. The van der Waals surface area contributed by atoms with Crippen molar-refractivity contribution in [3.05, 3.63) is 29.8 Å². The lowest BCUT2D eigenvalue weighted by Gasteiger charge is -2.20. The van der Waals surface area contributed by atoms with Gasteiger partial charge in [0.2, 0.25) is 11.8 Å². The maximum Gasteiger partial charge on any atom is 0.227 e. The molecule has 1 N–H and O–H groups in total. The Morgan fingerprint density at radius 1 is 1.25 bits per heavy atom. The van der Waals surface area contributed by atoms with E-state index in [1.165, 1.54) is 6.42 Å². The van der Waals surface area contributed by atoms with Gasteiger partial charge in [0, 0.05) is 24.7 Å². The van der Waals surface area contributed by atoms with Crippen molar-refractivity contribution in [2.24, 2.45) is 11.8 Å². The van der Waals surface area contributed by atoms with Crippen molar-refractivity contribution < 1.29 is 9.59 Å². The summed E-state index contributed by atoms with van der Waals surface area (Å²) in [5, 5.41) is 3.08. The molecule has 0 aromatic heterocycles. The minimum Gasteiger partial charge on any atom is -0.353 e. The zero-order valence-corrected chi connectivity index (χ0v) is 15.3. The van der Waals surface area contributed by atoms with Crippen LogP contribution in [-0.4, -0.2) is 24.4 Å². The monoisotopic (exact) mass is 330 g/mol. The molecule has 1 saturated heterocycles. The molecular formula is C20H30N2O2. The second kappa shape index (κ2) is 8.32. The lowest BCUT2D eigenvalue weighted by Crippen LogP contribution is -2.38. The number of anilines is 1. The molecule has 1 aromatic carbocycles. The normalized spacial score (nSPS) is 19.0. The number of carbonyl (C=O) groups is 2. The predicted octanol–water partition coefficient (Wildman–Crippen LogP) is 3.68. The van der Waals surface area contributed by atoms with E-state index in [0.717, 1.165) is 24.1 Å². The standard InChI is InChI=1S/C20H30N2O2/c1-14(2)8-7-10-16(4)21-20(24)17-12-19(23)22(13-17)18-11-6-5-9-15(18)3/h5-6,9,11,14,16-17H,7-8,10,12-13H2,1-4H3,(H,21,24)/t16-,17-/m0/s1. The number of carbonyl (C=O) groups excluding carboxylic acids is 2. The minimum absolute atomic E-state index is 0.0106. The van der Waals surface area contributed by atoms with E-state index in [-0.39, 0.29) is 23.8 Å². The summed E-state index contributed by atoms with van der Waals surface area (Å²) in [6.07, 6.45) is 3.60. The topological polar surface area (TPSA) is 49.4 Å². The van der Waals surface area contributed by atoms with Crippen LogP contribution in [0.5, 0.6) is 0 Å². The molecule has 0 unspecified atom stereocenters. The number of para-hydroxylation sites is 1. The number of nitrogens with one attached hydrogen (secondary N) is 1. The molecule has 0 spiro atoms. The maximum atomic E-state index is 12.5. The molecule has 0 saturated carbocycles. The van der Waals surface area contributed by atoms with E-state index in [1.807, 2.05) is 38.1 Å². The van der Waals surface area contributed by atoms with Crippen LogP contribution in [0.25, 0.3) is 0 Å². The molecule has 0 aliphatic carbocycles. The second-order valence-corrected chi connectivity index (χ2v) is 7.43. The van der Waals surface area contributed by atoms with Gasteiger partial charge in [-0.1, -0.05) is 44.9 Å². The molecular weight excluding hydrogens is 300 g/mol. The van der Waals surface area contributed by atoms with Gasteiger partial charge in [-0.25, -0.2) is 0 Å². The Kier molecular flexibility index (Phi) is 6.41. The van der Waals surface area contributed by atoms with Gasteiger partial charge in [0.25, 0.3) is 0 Å². The molecule has 1 fully saturated rings. The number of aryl methyl sites for hydroxylation is 1. The van der Waals surface area contributed by atoms with Crippen LogP contribution in [-0.2, 0) is 9.59 Å². The molecule has 1 heterocycles. The number of nitrogens with zero attached hydrogens (tertiary/aromatic N) is 1. The van der Waals surface area contributed by atoms with Gasteiger partial charge >= 0.3 is 0 Å². The summed E-state index contributed by atoms with van der Waals surface area (Å²) in [6.45, 7) is 8.95. The summed E-state index contributed by atoms with van der Waals surface area (Å²) >= 11 is 0. The molecule has 1 aliphatic rings. The van der Waals surface area contributed by atoms with Gasteiger partial charge in [-0.2, -0.15) is 0 Å². The molecule has 4 nitrogen and oxygen atoms in total. The molecule has 0 bridgehead atoms. The van der Waals surface area contributed by atoms with Crippen LogP contribution < -0.4 is 10.2 Å². The van der Waals surface area contributed by atoms with Gasteiger partial charge in [0.1, 0.15) is 0 Å². The summed E-state index contributed by atoms with van der Waals surface area (Å²) in [7, 11) is 0. The highest BCUT2D eigenvalue weighted by atomic mass is 16.2. The van der Waals surface area contributed by atoms with Gasteiger partial charge in [-0.15, -0.1) is 0 Å². The predicted molar refractivity (Wildman–Crippen MR) is 97.9 cm³/mol. The second-order valence-electron chi connectivity index (χ2n) is 7.43. The average Bonchev–Trinajstić information content (AvgIpc) is 2.89. The Bertz CT molecular complexity index is 583. The average molecular weight is 330 g/mol. The summed E-state index contributed by atoms with van der Waals surface area (Å²) in [5.41, 5.74) is 1.98. The Hall–Kier alpha value is -1.84. The third kappa shape index (κ3) is 4.83. The van der Waals surface area contributed by atoms with Crippen LogP contribution >= 0.6 is 0 Å². The molecule has 1 aromatic rings. The van der Waals surface area contributed by atoms with Gasteiger partial charge in [-0.05, 0) is 37.8 Å². The van der Waals surface area contributed by atoms with Crippen LogP contribution in [0.4, 0.5) is 5.69 Å². The summed E-state index contributed by atoms with van der Waals surface area (Å²) in [6, 6.07) is 8.00. The first-order valence-electron chi connectivity index (χ1n) is 9.04. The van der Waals surface area contributed by atoms with Gasteiger partial charge in [0.15, 0.2) is 0 Å². The summed E-state index contributed by atoms with van der Waals surface area (Å²) in [5.74, 6) is 0.501. The molecule has 0 radical (unpaired) electrons. The first kappa shape index (κ1) is 18.5. The van der Waals surface area contributed by atoms with Crippen LogP contribution in [0, 0.1) is 18.8 Å². The number of amides is 2. The molecule has 24 heavy (non-hydrogen) atoms. The SMILES string of the molecule is Cc1ccccc1N1C[C@@H](C(=O)N[C@@H](C)CCCC(C)C)CC1=O. The maximum absolute atomic E-state index is 12.5. The Labute approximate surface area is 145 Å². The zero-order chi connectivity index (χ0) is 17.7. The van der Waals surface area contributed by atoms with E-state index in [2.05, 4.69) is 19.2 Å². The molecule has 2 atom stereocenters. The fourth-order valence-electron chi connectivity index (χ4n) is 3.25. The fraction of sp³-hybridized carbons (Fsp3) is 0.600. The summed E-state index contributed by atoms with van der Waals surface area (Å²) in [4.78, 5) is 26.5. The largest absolute Gasteiger partial charge is 0.353 e. The lowest BCUT2D eigenvalue weighted by atomic mass is 10.0. The Balaban J connectivity index is 1.88. The van der Waals surface area contributed by atoms with Crippen LogP contribution in [0.15, 0.2) is 24.3 Å². The van der Waals surface area contributed by atoms with Crippen molar-refractivity contribution in [1.82, 2.24) is 5.32 Å². The first-order valence-corrected chi connectivity index (χ1v) is 9.04. The van der Waals surface area contributed by atoms with E-state index < -0.39 is 0 Å². The third-order valence-electron chi connectivity index (χ3n) is 4.71.